The fourth-order valence-corrected chi connectivity index (χ4v) is 1.71. The Morgan fingerprint density at radius 1 is 1.20 bits per heavy atom. The number of hydrogen-bond donors (Lipinski definition) is 1. The lowest BCUT2D eigenvalue weighted by atomic mass is 10.1. The Morgan fingerprint density at radius 2 is 1.90 bits per heavy atom. The second-order valence-corrected chi connectivity index (χ2v) is 4.02. The minimum Gasteiger partial charge on any atom is -0.405 e. The number of halogens is 3. The number of nitrogens with one attached hydrogen (secondary N) is 1. The van der Waals surface area contributed by atoms with Gasteiger partial charge in [-0.1, -0.05) is 12.1 Å². The smallest absolute Gasteiger partial charge is 0.405 e. The molecule has 1 aromatic heterocycles. The lowest BCUT2D eigenvalue weighted by molar-refractivity contribution is -0.274. The molecule has 7 heteroatoms. The van der Waals surface area contributed by atoms with E-state index in [0.29, 0.717) is 17.2 Å². The Kier molecular flexibility index (Phi) is 3.78. The molecule has 2 rings (SSSR count). The van der Waals surface area contributed by atoms with Crippen LogP contribution in [0.25, 0.3) is 11.3 Å². The molecular weight excluding hydrogens is 271 g/mol. The molecule has 0 aliphatic carbocycles. The highest BCUT2D eigenvalue weighted by Gasteiger charge is 2.32. The van der Waals surface area contributed by atoms with E-state index >= 15 is 0 Å². The van der Waals surface area contributed by atoms with Crippen molar-refractivity contribution in [3.05, 3.63) is 36.0 Å². The largest absolute Gasteiger partial charge is 0.573 e. The fraction of sp³-hybridized carbons (Fsp3) is 0.231. The Morgan fingerprint density at radius 3 is 2.55 bits per heavy atom. The Bertz CT molecular complexity index is 614. The zero-order valence-electron chi connectivity index (χ0n) is 10.8. The Hall–Kier alpha value is -2.31. The molecule has 2 aromatic rings. The van der Waals surface area contributed by atoms with Crippen molar-refractivity contribution in [1.29, 1.82) is 0 Å². The monoisotopic (exact) mass is 283 g/mol. The number of aryl methyl sites for hydroxylation is 1. The van der Waals surface area contributed by atoms with Gasteiger partial charge in [0.2, 0.25) is 5.95 Å². The predicted molar refractivity (Wildman–Crippen MR) is 68.4 cm³/mol. The van der Waals surface area contributed by atoms with Gasteiger partial charge in [0.25, 0.3) is 0 Å². The summed E-state index contributed by atoms with van der Waals surface area (Å²) in [7, 11) is 1.63. The van der Waals surface area contributed by atoms with Crippen LogP contribution >= 0.6 is 0 Å². The predicted octanol–water partition coefficient (Wildman–Crippen LogP) is 3.39. The first-order chi connectivity index (χ1) is 9.40. The summed E-state index contributed by atoms with van der Waals surface area (Å²) in [6.07, 6.45) is -3.21. The van der Waals surface area contributed by atoms with Crippen LogP contribution in [0.2, 0.25) is 0 Å². The third-order valence-corrected chi connectivity index (χ3v) is 2.56. The summed E-state index contributed by atoms with van der Waals surface area (Å²) >= 11 is 0. The molecule has 1 N–H and O–H groups in total. The number of rotatable bonds is 3. The van der Waals surface area contributed by atoms with Crippen LogP contribution in [0.4, 0.5) is 19.1 Å². The van der Waals surface area contributed by atoms with Crippen LogP contribution in [0.3, 0.4) is 0 Å². The van der Waals surface area contributed by atoms with E-state index in [1.54, 1.807) is 26.2 Å². The van der Waals surface area contributed by atoms with Crippen LogP contribution in [0.1, 0.15) is 5.56 Å². The van der Waals surface area contributed by atoms with Crippen molar-refractivity contribution in [1.82, 2.24) is 9.97 Å². The Balaban J connectivity index is 2.52. The number of anilines is 1. The number of para-hydroxylation sites is 1. The van der Waals surface area contributed by atoms with E-state index in [0.717, 1.165) is 0 Å². The molecule has 0 aliphatic heterocycles. The lowest BCUT2D eigenvalue weighted by Crippen LogP contribution is -2.17. The van der Waals surface area contributed by atoms with E-state index < -0.39 is 6.36 Å². The van der Waals surface area contributed by atoms with Gasteiger partial charge in [0.1, 0.15) is 5.75 Å². The second kappa shape index (κ2) is 5.36. The first-order valence-corrected chi connectivity index (χ1v) is 5.77. The van der Waals surface area contributed by atoms with E-state index in [1.165, 1.54) is 18.2 Å². The maximum absolute atomic E-state index is 12.4. The zero-order valence-corrected chi connectivity index (χ0v) is 10.8. The van der Waals surface area contributed by atoms with Crippen molar-refractivity contribution in [2.45, 2.75) is 13.3 Å². The van der Waals surface area contributed by atoms with Crippen molar-refractivity contribution in [2.75, 3.05) is 12.4 Å². The minimum absolute atomic E-state index is 0.265. The van der Waals surface area contributed by atoms with Crippen molar-refractivity contribution >= 4 is 5.95 Å². The summed E-state index contributed by atoms with van der Waals surface area (Å²) in [6.45, 7) is 1.72. The average Bonchev–Trinajstić information content (AvgIpc) is 2.38. The van der Waals surface area contributed by atoms with E-state index in [1.807, 2.05) is 0 Å². The van der Waals surface area contributed by atoms with Gasteiger partial charge in [0, 0.05) is 18.8 Å². The van der Waals surface area contributed by atoms with Gasteiger partial charge in [-0.3, -0.25) is 0 Å². The number of benzene rings is 1. The molecular formula is C13H12F3N3O. The molecule has 0 aliphatic rings. The van der Waals surface area contributed by atoms with Crippen LogP contribution in [0.5, 0.6) is 5.75 Å². The zero-order chi connectivity index (χ0) is 14.8. The van der Waals surface area contributed by atoms with E-state index in [-0.39, 0.29) is 11.3 Å². The van der Waals surface area contributed by atoms with Gasteiger partial charge in [0.05, 0.1) is 5.69 Å². The first kappa shape index (κ1) is 14.1. The summed E-state index contributed by atoms with van der Waals surface area (Å²) in [5.74, 6) is 0.0382. The van der Waals surface area contributed by atoms with Gasteiger partial charge in [-0.05, 0) is 24.6 Å². The number of nitrogens with zero attached hydrogens (tertiary/aromatic N) is 2. The normalized spacial score (nSPS) is 11.2. The van der Waals surface area contributed by atoms with Crippen LogP contribution in [-0.4, -0.2) is 23.4 Å². The summed E-state index contributed by atoms with van der Waals surface area (Å²) in [5.41, 5.74) is 1.31. The summed E-state index contributed by atoms with van der Waals surface area (Å²) in [5, 5.41) is 2.75. The third-order valence-electron chi connectivity index (χ3n) is 2.56. The second-order valence-electron chi connectivity index (χ2n) is 4.02. The summed E-state index contributed by atoms with van der Waals surface area (Å²) < 4.78 is 41.3. The average molecular weight is 283 g/mol. The van der Waals surface area contributed by atoms with E-state index in [9.17, 15) is 13.2 Å². The van der Waals surface area contributed by atoms with Gasteiger partial charge in [-0.15, -0.1) is 13.2 Å². The first-order valence-electron chi connectivity index (χ1n) is 5.77. The molecule has 0 atom stereocenters. The van der Waals surface area contributed by atoms with Gasteiger partial charge in [-0.2, -0.15) is 0 Å². The third kappa shape index (κ3) is 3.17. The number of hydrogen-bond acceptors (Lipinski definition) is 4. The number of alkyl halides is 3. The van der Waals surface area contributed by atoms with Crippen molar-refractivity contribution in [3.63, 3.8) is 0 Å². The standard InChI is InChI=1S/C13H12F3N3O/c1-8-7-18-12(17-2)19-11(8)9-5-3-4-6-10(9)20-13(14,15)16/h3-7H,1-2H3,(H,17,18,19). The van der Waals surface area contributed by atoms with Gasteiger partial charge in [0.15, 0.2) is 0 Å². The molecule has 0 spiro atoms. The summed E-state index contributed by atoms with van der Waals surface area (Å²) in [4.78, 5) is 8.18. The maximum atomic E-state index is 12.4. The van der Waals surface area contributed by atoms with Crippen molar-refractivity contribution < 1.29 is 17.9 Å². The molecule has 106 valence electrons. The Labute approximate surface area is 113 Å². The van der Waals surface area contributed by atoms with Gasteiger partial charge < -0.3 is 10.1 Å². The topological polar surface area (TPSA) is 47.0 Å². The highest BCUT2D eigenvalue weighted by atomic mass is 19.4. The molecule has 4 nitrogen and oxygen atoms in total. The van der Waals surface area contributed by atoms with Crippen molar-refractivity contribution in [3.8, 4) is 17.0 Å². The van der Waals surface area contributed by atoms with Crippen molar-refractivity contribution in [2.24, 2.45) is 0 Å². The van der Waals surface area contributed by atoms with Gasteiger partial charge >= 0.3 is 6.36 Å². The van der Waals surface area contributed by atoms with Crippen LogP contribution in [-0.2, 0) is 0 Å². The molecule has 0 saturated heterocycles. The highest BCUT2D eigenvalue weighted by Crippen LogP contribution is 2.34. The maximum Gasteiger partial charge on any atom is 0.573 e. The van der Waals surface area contributed by atoms with E-state index in [2.05, 4.69) is 20.0 Å². The quantitative estimate of drug-likeness (QED) is 0.938. The SMILES string of the molecule is CNc1ncc(C)c(-c2ccccc2OC(F)(F)F)n1. The fourth-order valence-electron chi connectivity index (χ4n) is 1.71. The van der Waals surface area contributed by atoms with E-state index in [4.69, 9.17) is 0 Å². The molecule has 0 unspecified atom stereocenters. The lowest BCUT2D eigenvalue weighted by Gasteiger charge is -2.14. The van der Waals surface area contributed by atoms with Crippen LogP contribution < -0.4 is 10.1 Å². The van der Waals surface area contributed by atoms with Gasteiger partial charge in [-0.25, -0.2) is 9.97 Å². The molecule has 0 bridgehead atoms. The molecule has 1 heterocycles. The number of aromatic nitrogens is 2. The molecule has 0 radical (unpaired) electrons. The minimum atomic E-state index is -4.75. The molecule has 0 amide bonds. The molecule has 0 saturated carbocycles. The molecule has 20 heavy (non-hydrogen) atoms. The summed E-state index contributed by atoms with van der Waals surface area (Å²) in [6, 6.07) is 5.87. The van der Waals surface area contributed by atoms with Crippen LogP contribution in [0, 0.1) is 6.92 Å². The molecule has 0 fully saturated rings. The molecule has 1 aromatic carbocycles. The number of ether oxygens (including phenoxy) is 1. The highest BCUT2D eigenvalue weighted by molar-refractivity contribution is 5.70. The van der Waals surface area contributed by atoms with Crippen LogP contribution in [0.15, 0.2) is 30.5 Å².